The van der Waals surface area contributed by atoms with Crippen LogP contribution in [0, 0.1) is 6.92 Å². The number of hydrogen-bond acceptors (Lipinski definition) is 6. The van der Waals surface area contributed by atoms with E-state index in [1.165, 1.54) is 42.3 Å². The predicted octanol–water partition coefficient (Wildman–Crippen LogP) is 3.61. The third kappa shape index (κ3) is 5.37. The van der Waals surface area contributed by atoms with Gasteiger partial charge in [0.2, 0.25) is 0 Å². The summed E-state index contributed by atoms with van der Waals surface area (Å²) in [5.41, 5.74) is 0.931. The van der Waals surface area contributed by atoms with E-state index in [9.17, 15) is 13.2 Å². The summed E-state index contributed by atoms with van der Waals surface area (Å²) >= 11 is 0. The summed E-state index contributed by atoms with van der Waals surface area (Å²) in [6.45, 7) is 6.50. The van der Waals surface area contributed by atoms with Gasteiger partial charge in [-0.3, -0.25) is 0 Å². The minimum Gasteiger partial charge on any atom is -0.496 e. The Morgan fingerprint density at radius 1 is 0.963 bits per heavy atom. The Morgan fingerprint density at radius 3 is 2.07 bits per heavy atom. The van der Waals surface area contributed by atoms with Crippen molar-refractivity contribution < 1.29 is 26.9 Å². The number of methoxy groups -OCH3 is 1. The molecule has 0 heterocycles. The average Bonchev–Trinajstić information content (AvgIpc) is 2.62. The molecule has 0 atom stereocenters. The second-order valence-electron chi connectivity index (χ2n) is 5.74. The van der Waals surface area contributed by atoms with Gasteiger partial charge in [0.25, 0.3) is 0 Å². The molecule has 0 N–H and O–H groups in total. The van der Waals surface area contributed by atoms with Crippen LogP contribution in [0.1, 0.15) is 19.4 Å². The van der Waals surface area contributed by atoms with Gasteiger partial charge < -0.3 is 18.6 Å². The van der Waals surface area contributed by atoms with E-state index in [1.54, 1.807) is 12.1 Å². The Kier molecular flexibility index (Phi) is 6.68. The Morgan fingerprint density at radius 2 is 1.52 bits per heavy atom. The number of amides is 1. The monoisotopic (exact) mass is 393 g/mol. The van der Waals surface area contributed by atoms with E-state index in [-0.39, 0.29) is 16.4 Å². The van der Waals surface area contributed by atoms with Gasteiger partial charge in [0.05, 0.1) is 7.11 Å². The van der Waals surface area contributed by atoms with E-state index in [2.05, 4.69) is 0 Å². The van der Waals surface area contributed by atoms with E-state index < -0.39 is 16.2 Å². The van der Waals surface area contributed by atoms with Gasteiger partial charge in [-0.2, -0.15) is 8.42 Å². The molecule has 0 aromatic heterocycles. The SMILES string of the molecule is CCN(CC)C(=O)Oc1cc(OC)cc(OS(=O)(=O)c2ccc(C)cc2)c1. The second kappa shape index (κ2) is 8.77. The third-order valence-corrected chi connectivity index (χ3v) is 5.09. The lowest BCUT2D eigenvalue weighted by Gasteiger charge is -2.18. The zero-order chi connectivity index (χ0) is 20.0. The van der Waals surface area contributed by atoms with Crippen LogP contribution < -0.4 is 13.7 Å². The number of rotatable bonds is 7. The second-order valence-corrected chi connectivity index (χ2v) is 7.28. The van der Waals surface area contributed by atoms with Crippen LogP contribution in [0.4, 0.5) is 4.79 Å². The number of carbonyl (C=O) groups excluding carboxylic acids is 1. The van der Waals surface area contributed by atoms with Gasteiger partial charge in [0, 0.05) is 31.3 Å². The number of ether oxygens (including phenoxy) is 2. The average molecular weight is 393 g/mol. The number of benzene rings is 2. The Bertz CT molecular complexity index is 889. The molecule has 2 aromatic rings. The van der Waals surface area contributed by atoms with Crippen molar-refractivity contribution in [2.75, 3.05) is 20.2 Å². The Hall–Kier alpha value is -2.74. The van der Waals surface area contributed by atoms with E-state index in [0.717, 1.165) is 5.56 Å². The topological polar surface area (TPSA) is 82.1 Å². The van der Waals surface area contributed by atoms with Crippen LogP contribution in [-0.2, 0) is 10.1 Å². The zero-order valence-electron chi connectivity index (χ0n) is 15.8. The summed E-state index contributed by atoms with van der Waals surface area (Å²) in [5.74, 6) is 0.409. The Labute approximate surface area is 159 Å². The number of nitrogens with zero attached hydrogens (tertiary/aromatic N) is 1. The molecule has 2 aromatic carbocycles. The molecule has 0 spiro atoms. The van der Waals surface area contributed by atoms with Gasteiger partial charge in [-0.05, 0) is 32.9 Å². The third-order valence-electron chi connectivity index (χ3n) is 3.83. The first-order valence-corrected chi connectivity index (χ1v) is 9.86. The summed E-state index contributed by atoms with van der Waals surface area (Å²) in [6, 6.07) is 10.5. The molecule has 0 saturated heterocycles. The van der Waals surface area contributed by atoms with Crippen LogP contribution >= 0.6 is 0 Å². The first-order valence-electron chi connectivity index (χ1n) is 8.46. The fraction of sp³-hybridized carbons (Fsp3) is 0.316. The first kappa shape index (κ1) is 20.6. The summed E-state index contributed by atoms with van der Waals surface area (Å²) in [7, 11) is -2.61. The van der Waals surface area contributed by atoms with Crippen molar-refractivity contribution in [2.24, 2.45) is 0 Å². The van der Waals surface area contributed by atoms with Crippen molar-refractivity contribution in [3.63, 3.8) is 0 Å². The van der Waals surface area contributed by atoms with Crippen LogP contribution in [0.5, 0.6) is 17.2 Å². The maximum absolute atomic E-state index is 12.5. The van der Waals surface area contributed by atoms with Crippen molar-refractivity contribution >= 4 is 16.2 Å². The molecule has 0 aliphatic rings. The van der Waals surface area contributed by atoms with Crippen molar-refractivity contribution in [2.45, 2.75) is 25.7 Å². The lowest BCUT2D eigenvalue weighted by atomic mass is 10.2. The molecule has 0 aliphatic carbocycles. The number of aryl methyl sites for hydroxylation is 1. The minimum atomic E-state index is -4.03. The summed E-state index contributed by atoms with van der Waals surface area (Å²) in [6.07, 6.45) is -0.541. The van der Waals surface area contributed by atoms with Crippen molar-refractivity contribution in [1.29, 1.82) is 0 Å². The molecule has 0 radical (unpaired) electrons. The molecular weight excluding hydrogens is 370 g/mol. The molecule has 7 nitrogen and oxygen atoms in total. The quantitative estimate of drug-likeness (QED) is 0.669. The highest BCUT2D eigenvalue weighted by Crippen LogP contribution is 2.30. The lowest BCUT2D eigenvalue weighted by molar-refractivity contribution is 0.157. The standard InChI is InChI=1S/C19H23NO6S/c1-5-20(6-2)19(21)25-16-11-15(24-4)12-17(13-16)26-27(22,23)18-9-7-14(3)8-10-18/h7-13H,5-6H2,1-4H3. The fourth-order valence-electron chi connectivity index (χ4n) is 2.30. The number of carbonyl (C=O) groups is 1. The summed E-state index contributed by atoms with van der Waals surface area (Å²) < 4.78 is 40.6. The van der Waals surface area contributed by atoms with Crippen molar-refractivity contribution in [3.05, 3.63) is 48.0 Å². The van der Waals surface area contributed by atoms with E-state index in [1.807, 2.05) is 20.8 Å². The zero-order valence-corrected chi connectivity index (χ0v) is 16.6. The smallest absolute Gasteiger partial charge is 0.415 e. The van der Waals surface area contributed by atoms with Gasteiger partial charge in [-0.25, -0.2) is 4.79 Å². The van der Waals surface area contributed by atoms with Gasteiger partial charge in [-0.1, -0.05) is 17.7 Å². The highest BCUT2D eigenvalue weighted by atomic mass is 32.2. The number of hydrogen-bond donors (Lipinski definition) is 0. The Balaban J connectivity index is 2.29. The first-order chi connectivity index (χ1) is 12.8. The van der Waals surface area contributed by atoms with Gasteiger partial charge in [0.1, 0.15) is 22.1 Å². The molecule has 1 amide bonds. The normalized spacial score (nSPS) is 11.0. The molecule has 146 valence electrons. The van der Waals surface area contributed by atoms with E-state index in [4.69, 9.17) is 13.7 Å². The maximum atomic E-state index is 12.5. The van der Waals surface area contributed by atoms with Crippen LogP contribution in [0.3, 0.4) is 0 Å². The van der Waals surface area contributed by atoms with Crippen LogP contribution in [0.25, 0.3) is 0 Å². The maximum Gasteiger partial charge on any atom is 0.415 e. The minimum absolute atomic E-state index is 0.0164. The molecule has 0 aliphatic heterocycles. The molecule has 8 heteroatoms. The van der Waals surface area contributed by atoms with Gasteiger partial charge >= 0.3 is 16.2 Å². The van der Waals surface area contributed by atoms with E-state index >= 15 is 0 Å². The molecule has 0 unspecified atom stereocenters. The van der Waals surface area contributed by atoms with Gasteiger partial charge in [0.15, 0.2) is 0 Å². The van der Waals surface area contributed by atoms with E-state index in [0.29, 0.717) is 18.8 Å². The van der Waals surface area contributed by atoms with Crippen molar-refractivity contribution in [3.8, 4) is 17.2 Å². The molecule has 27 heavy (non-hydrogen) atoms. The molecular formula is C19H23NO6S. The molecule has 0 bridgehead atoms. The van der Waals surface area contributed by atoms with Gasteiger partial charge in [-0.15, -0.1) is 0 Å². The highest BCUT2D eigenvalue weighted by molar-refractivity contribution is 7.87. The highest BCUT2D eigenvalue weighted by Gasteiger charge is 2.19. The largest absolute Gasteiger partial charge is 0.496 e. The predicted molar refractivity (Wildman–Crippen MR) is 101 cm³/mol. The van der Waals surface area contributed by atoms with Crippen LogP contribution in [0.2, 0.25) is 0 Å². The summed E-state index contributed by atoms with van der Waals surface area (Å²) in [4.78, 5) is 13.6. The molecule has 0 fully saturated rings. The fourth-order valence-corrected chi connectivity index (χ4v) is 3.21. The van der Waals surface area contributed by atoms with Crippen LogP contribution in [-0.4, -0.2) is 39.6 Å². The molecule has 2 rings (SSSR count). The molecule has 0 saturated carbocycles. The van der Waals surface area contributed by atoms with Crippen molar-refractivity contribution in [1.82, 2.24) is 4.90 Å². The van der Waals surface area contributed by atoms with Crippen LogP contribution in [0.15, 0.2) is 47.4 Å². The lowest BCUT2D eigenvalue weighted by Crippen LogP contribution is -2.33. The summed E-state index contributed by atoms with van der Waals surface area (Å²) in [5, 5.41) is 0.